The lowest BCUT2D eigenvalue weighted by atomic mass is 10.1. The van der Waals surface area contributed by atoms with Crippen molar-refractivity contribution < 1.29 is 9.59 Å². The maximum Gasteiger partial charge on any atom is 0.276 e. The second kappa shape index (κ2) is 7.69. The molecule has 2 heterocycles. The predicted octanol–water partition coefficient (Wildman–Crippen LogP) is 4.54. The third kappa shape index (κ3) is 3.74. The Morgan fingerprint density at radius 1 is 0.926 bits per heavy atom. The van der Waals surface area contributed by atoms with Gasteiger partial charge in [-0.15, -0.1) is 11.3 Å². The molecule has 2 aromatic carbocycles. The van der Waals surface area contributed by atoms with Gasteiger partial charge in [-0.1, -0.05) is 36.4 Å². The topological polar surface area (TPSA) is 71.1 Å². The number of carbonyl (C=O) groups excluding carboxylic acids is 2. The molecule has 7 heteroatoms. The molecule has 0 saturated heterocycles. The highest BCUT2D eigenvalue weighted by Gasteiger charge is 2.17. The van der Waals surface area contributed by atoms with Gasteiger partial charge in [0.05, 0.1) is 22.5 Å². The van der Waals surface area contributed by atoms with E-state index >= 15 is 0 Å². The smallest absolute Gasteiger partial charge is 0.276 e. The van der Waals surface area contributed by atoms with Gasteiger partial charge in [-0.2, -0.15) is 4.37 Å². The summed E-state index contributed by atoms with van der Waals surface area (Å²) in [6.45, 7) is 0.454. The fourth-order valence-electron chi connectivity index (χ4n) is 2.70. The Labute approximate surface area is 163 Å². The summed E-state index contributed by atoms with van der Waals surface area (Å²) >= 11 is 2.86. The Kier molecular flexibility index (Phi) is 4.95. The number of anilines is 1. The van der Waals surface area contributed by atoms with Crippen molar-refractivity contribution in [1.29, 1.82) is 0 Å². The summed E-state index contributed by atoms with van der Waals surface area (Å²) in [4.78, 5) is 26.3. The molecule has 2 amide bonds. The molecule has 4 aromatic rings. The minimum atomic E-state index is -0.328. The molecular weight excluding hydrogens is 378 g/mol. The zero-order valence-corrected chi connectivity index (χ0v) is 15.8. The van der Waals surface area contributed by atoms with Crippen LogP contribution < -0.4 is 10.6 Å². The van der Waals surface area contributed by atoms with E-state index in [9.17, 15) is 9.59 Å². The first-order valence-electron chi connectivity index (χ1n) is 8.28. The number of thiophene rings is 1. The Morgan fingerprint density at radius 2 is 1.74 bits per heavy atom. The summed E-state index contributed by atoms with van der Waals surface area (Å²) in [5.41, 5.74) is 1.24. The highest BCUT2D eigenvalue weighted by atomic mass is 32.1. The van der Waals surface area contributed by atoms with Crippen LogP contribution in [0.3, 0.4) is 0 Å². The average Bonchev–Trinajstić information content (AvgIpc) is 3.36. The van der Waals surface area contributed by atoms with Gasteiger partial charge in [0.2, 0.25) is 0 Å². The lowest BCUT2D eigenvalue weighted by Crippen LogP contribution is -2.24. The monoisotopic (exact) mass is 393 g/mol. The van der Waals surface area contributed by atoms with Gasteiger partial charge in [0.1, 0.15) is 5.69 Å². The molecule has 0 aliphatic rings. The fourth-order valence-corrected chi connectivity index (χ4v) is 4.12. The van der Waals surface area contributed by atoms with E-state index in [1.165, 1.54) is 11.5 Å². The van der Waals surface area contributed by atoms with Crippen LogP contribution in [0, 0.1) is 0 Å². The first kappa shape index (κ1) is 17.4. The normalized spacial score (nSPS) is 10.7. The molecule has 134 valence electrons. The summed E-state index contributed by atoms with van der Waals surface area (Å²) in [7, 11) is 0. The first-order valence-corrected chi connectivity index (χ1v) is 9.93. The molecule has 0 aliphatic carbocycles. The van der Waals surface area contributed by atoms with Crippen molar-refractivity contribution in [2.45, 2.75) is 6.54 Å². The summed E-state index contributed by atoms with van der Waals surface area (Å²) < 4.78 is 5.22. The zero-order valence-electron chi connectivity index (χ0n) is 14.1. The SMILES string of the molecule is O=C(NCc1cccs1)c1ccccc1NC(=O)c1nsc2ccccc12. The van der Waals surface area contributed by atoms with Crippen LogP contribution in [0.5, 0.6) is 0 Å². The number of nitrogens with zero attached hydrogens (tertiary/aromatic N) is 1. The van der Waals surface area contributed by atoms with Crippen molar-refractivity contribution in [2.75, 3.05) is 5.32 Å². The van der Waals surface area contributed by atoms with Crippen LogP contribution in [0.1, 0.15) is 25.7 Å². The summed E-state index contributed by atoms with van der Waals surface area (Å²) in [6, 6.07) is 18.5. The molecule has 0 fully saturated rings. The van der Waals surface area contributed by atoms with Gasteiger partial charge in [0, 0.05) is 10.3 Å². The third-order valence-corrected chi connectivity index (χ3v) is 5.72. The van der Waals surface area contributed by atoms with E-state index in [-0.39, 0.29) is 11.8 Å². The van der Waals surface area contributed by atoms with Crippen LogP contribution in [-0.4, -0.2) is 16.2 Å². The predicted molar refractivity (Wildman–Crippen MR) is 110 cm³/mol. The van der Waals surface area contributed by atoms with Gasteiger partial charge < -0.3 is 10.6 Å². The molecule has 4 rings (SSSR count). The summed E-state index contributed by atoms with van der Waals surface area (Å²) in [5, 5.41) is 8.48. The van der Waals surface area contributed by atoms with Crippen LogP contribution in [0.25, 0.3) is 10.1 Å². The number of hydrogen-bond acceptors (Lipinski definition) is 5. The van der Waals surface area contributed by atoms with Gasteiger partial charge >= 0.3 is 0 Å². The van der Waals surface area contributed by atoms with Crippen molar-refractivity contribution >= 4 is 50.5 Å². The number of para-hydroxylation sites is 1. The number of aromatic nitrogens is 1. The molecular formula is C20H15N3O2S2. The number of amides is 2. The first-order chi connectivity index (χ1) is 13.2. The molecule has 0 unspecified atom stereocenters. The third-order valence-electron chi connectivity index (χ3n) is 4.02. The molecule has 5 nitrogen and oxygen atoms in total. The largest absolute Gasteiger partial charge is 0.347 e. The van der Waals surface area contributed by atoms with Gasteiger partial charge in [0.15, 0.2) is 0 Å². The van der Waals surface area contributed by atoms with E-state index in [0.29, 0.717) is 23.5 Å². The maximum absolute atomic E-state index is 12.7. The highest BCUT2D eigenvalue weighted by Crippen LogP contribution is 2.24. The van der Waals surface area contributed by atoms with E-state index in [0.717, 1.165) is 15.0 Å². The van der Waals surface area contributed by atoms with E-state index in [4.69, 9.17) is 0 Å². The standard InChI is InChI=1S/C20H15N3O2S2/c24-19(21-12-13-6-5-11-26-13)14-7-1-3-9-16(14)22-20(25)18-15-8-2-4-10-17(15)27-23-18/h1-11H,12H2,(H,21,24)(H,22,25). The molecule has 0 atom stereocenters. The van der Waals surface area contributed by atoms with Crippen LogP contribution in [-0.2, 0) is 6.54 Å². The summed E-state index contributed by atoms with van der Waals surface area (Å²) in [6.07, 6.45) is 0. The van der Waals surface area contributed by atoms with Crippen molar-refractivity contribution in [3.63, 3.8) is 0 Å². The fraction of sp³-hybridized carbons (Fsp3) is 0.0500. The van der Waals surface area contributed by atoms with Crippen molar-refractivity contribution in [3.05, 3.63) is 82.2 Å². The molecule has 2 aromatic heterocycles. The van der Waals surface area contributed by atoms with Gasteiger partial charge in [-0.3, -0.25) is 9.59 Å². The number of fused-ring (bicyclic) bond motifs is 1. The van der Waals surface area contributed by atoms with Gasteiger partial charge in [-0.25, -0.2) is 0 Å². The van der Waals surface area contributed by atoms with E-state index in [1.807, 2.05) is 41.8 Å². The maximum atomic E-state index is 12.7. The number of hydrogen-bond donors (Lipinski definition) is 2. The van der Waals surface area contributed by atoms with Crippen LogP contribution in [0.15, 0.2) is 66.0 Å². The van der Waals surface area contributed by atoms with Crippen molar-refractivity contribution in [3.8, 4) is 0 Å². The van der Waals surface area contributed by atoms with E-state index in [2.05, 4.69) is 15.0 Å². The van der Waals surface area contributed by atoms with E-state index < -0.39 is 0 Å². The van der Waals surface area contributed by atoms with Crippen molar-refractivity contribution in [1.82, 2.24) is 9.69 Å². The molecule has 0 spiro atoms. The lowest BCUT2D eigenvalue weighted by molar-refractivity contribution is 0.0952. The molecule has 0 bridgehead atoms. The zero-order chi connectivity index (χ0) is 18.6. The number of nitrogens with one attached hydrogen (secondary N) is 2. The Balaban J connectivity index is 1.54. The second-order valence-electron chi connectivity index (χ2n) is 5.79. The molecule has 0 radical (unpaired) electrons. The molecule has 0 saturated carbocycles. The molecule has 27 heavy (non-hydrogen) atoms. The van der Waals surface area contributed by atoms with Gasteiger partial charge in [-0.05, 0) is 41.2 Å². The minimum Gasteiger partial charge on any atom is -0.347 e. The Hall–Kier alpha value is -3.03. The average molecular weight is 393 g/mol. The van der Waals surface area contributed by atoms with Crippen molar-refractivity contribution in [2.24, 2.45) is 0 Å². The van der Waals surface area contributed by atoms with Gasteiger partial charge in [0.25, 0.3) is 11.8 Å². The highest BCUT2D eigenvalue weighted by molar-refractivity contribution is 7.13. The Bertz CT molecular complexity index is 1100. The van der Waals surface area contributed by atoms with Crippen LogP contribution >= 0.6 is 22.9 Å². The number of carbonyl (C=O) groups is 2. The molecule has 2 N–H and O–H groups in total. The van der Waals surface area contributed by atoms with Crippen LogP contribution in [0.4, 0.5) is 5.69 Å². The lowest BCUT2D eigenvalue weighted by Gasteiger charge is -2.10. The Morgan fingerprint density at radius 3 is 2.59 bits per heavy atom. The number of rotatable bonds is 5. The summed E-state index contributed by atoms with van der Waals surface area (Å²) in [5.74, 6) is -0.562. The molecule has 0 aliphatic heterocycles. The van der Waals surface area contributed by atoms with Crippen LogP contribution in [0.2, 0.25) is 0 Å². The number of benzene rings is 2. The second-order valence-corrected chi connectivity index (χ2v) is 7.63. The van der Waals surface area contributed by atoms with E-state index in [1.54, 1.807) is 35.6 Å². The quantitative estimate of drug-likeness (QED) is 0.523. The minimum absolute atomic E-state index is 0.234.